The molecule has 1 saturated heterocycles. The highest BCUT2D eigenvalue weighted by molar-refractivity contribution is 6.72. The highest BCUT2D eigenvalue weighted by Gasteiger charge is 2.46. The van der Waals surface area contributed by atoms with Crippen LogP contribution >= 0.6 is 0 Å². The van der Waals surface area contributed by atoms with Gasteiger partial charge in [0.25, 0.3) is 0 Å². The van der Waals surface area contributed by atoms with Crippen molar-refractivity contribution in [2.75, 3.05) is 6.61 Å². The molecule has 20 heavy (non-hydrogen) atoms. The monoisotopic (exact) mass is 281 g/mol. The van der Waals surface area contributed by atoms with Crippen LogP contribution in [0.1, 0.15) is 0 Å². The Morgan fingerprint density at radius 2 is 1.90 bits per heavy atom. The molecule has 0 aliphatic carbocycles. The molecule has 3 rings (SSSR count). The number of aliphatic imine (C=N–C) groups is 4. The maximum absolute atomic E-state index is 11.6. The molecule has 5 N–H and O–H groups in total. The molecule has 3 aliphatic heterocycles. The Bertz CT molecular complexity index is 595. The highest BCUT2D eigenvalue weighted by atomic mass is 16.6. The molecule has 0 unspecified atom stereocenters. The molecular weight excluding hydrogens is 270 g/mol. The van der Waals surface area contributed by atoms with E-state index in [1.165, 1.54) is 0 Å². The minimum absolute atomic E-state index is 0.00441. The predicted octanol–water partition coefficient (Wildman–Crippen LogP) is -3.43. The summed E-state index contributed by atoms with van der Waals surface area (Å²) in [5, 5.41) is 28.5. The number of aliphatic hydroxyl groups excluding tert-OH is 3. The van der Waals surface area contributed by atoms with Crippen LogP contribution in [0.15, 0.2) is 20.0 Å². The lowest BCUT2D eigenvalue weighted by molar-refractivity contribution is -0.111. The van der Waals surface area contributed by atoms with Crippen molar-refractivity contribution in [3.8, 4) is 0 Å². The first-order valence-electron chi connectivity index (χ1n) is 5.78. The van der Waals surface area contributed by atoms with E-state index < -0.39 is 36.9 Å². The topological polar surface area (TPSA) is 162 Å². The van der Waals surface area contributed by atoms with Gasteiger partial charge in [0.1, 0.15) is 24.4 Å². The van der Waals surface area contributed by atoms with Crippen molar-refractivity contribution < 1.29 is 24.9 Å². The first-order valence-corrected chi connectivity index (χ1v) is 5.78. The minimum atomic E-state index is -1.32. The molecule has 0 spiro atoms. The molecule has 0 aromatic heterocycles. The van der Waals surface area contributed by atoms with E-state index in [1.807, 2.05) is 0 Å². The molecular formula is C10H11N5O5. The molecule has 1 fully saturated rings. The van der Waals surface area contributed by atoms with E-state index in [0.29, 0.717) is 0 Å². The van der Waals surface area contributed by atoms with E-state index >= 15 is 0 Å². The van der Waals surface area contributed by atoms with Gasteiger partial charge in [-0.1, -0.05) is 0 Å². The minimum Gasteiger partial charge on any atom is -0.394 e. The Hall–Kier alpha value is -2.01. The molecule has 0 bridgehead atoms. The van der Waals surface area contributed by atoms with Crippen LogP contribution in [0.4, 0.5) is 0 Å². The number of aliphatic hydroxyl groups is 3. The predicted molar refractivity (Wildman–Crippen MR) is 66.7 cm³/mol. The Balaban J connectivity index is 1.90. The summed E-state index contributed by atoms with van der Waals surface area (Å²) >= 11 is 0. The SMILES string of the molecule is NC1=NC(=O)C2=NC([C@@H]3O[C@H](CO)[C@@H](O)[C@H]3O)=NC2=N1. The van der Waals surface area contributed by atoms with Gasteiger partial charge in [0, 0.05) is 0 Å². The van der Waals surface area contributed by atoms with E-state index in [4.69, 9.17) is 15.6 Å². The van der Waals surface area contributed by atoms with Gasteiger partial charge in [-0.25, -0.2) is 9.98 Å². The van der Waals surface area contributed by atoms with Gasteiger partial charge in [-0.15, -0.1) is 0 Å². The summed E-state index contributed by atoms with van der Waals surface area (Å²) in [6, 6.07) is 0. The molecule has 0 aromatic rings. The number of rotatable bonds is 2. The summed E-state index contributed by atoms with van der Waals surface area (Å²) in [5.74, 6) is -0.928. The van der Waals surface area contributed by atoms with E-state index in [-0.39, 0.29) is 23.3 Å². The second-order valence-corrected chi connectivity index (χ2v) is 4.40. The van der Waals surface area contributed by atoms with Crippen LogP contribution in [0.2, 0.25) is 0 Å². The fourth-order valence-electron chi connectivity index (χ4n) is 2.10. The molecule has 0 aromatic carbocycles. The Kier molecular flexibility index (Phi) is 2.94. The average molecular weight is 281 g/mol. The molecule has 0 radical (unpaired) electrons. The molecule has 3 heterocycles. The zero-order valence-corrected chi connectivity index (χ0v) is 10.0. The number of ether oxygens (including phenoxy) is 1. The van der Waals surface area contributed by atoms with Crippen LogP contribution in [0, 0.1) is 0 Å². The first kappa shape index (κ1) is 13.0. The van der Waals surface area contributed by atoms with Crippen molar-refractivity contribution in [2.24, 2.45) is 25.7 Å². The van der Waals surface area contributed by atoms with Crippen molar-refractivity contribution in [3.05, 3.63) is 0 Å². The van der Waals surface area contributed by atoms with Gasteiger partial charge in [0.2, 0.25) is 5.96 Å². The summed E-state index contributed by atoms with van der Waals surface area (Å²) in [6.07, 6.45) is -4.59. The number of carbonyl (C=O) groups is 1. The van der Waals surface area contributed by atoms with Crippen LogP contribution in [0.3, 0.4) is 0 Å². The average Bonchev–Trinajstić information content (AvgIpc) is 2.93. The van der Waals surface area contributed by atoms with Crippen molar-refractivity contribution in [3.63, 3.8) is 0 Å². The summed E-state index contributed by atoms with van der Waals surface area (Å²) in [5.41, 5.74) is 5.25. The lowest BCUT2D eigenvalue weighted by atomic mass is 10.1. The van der Waals surface area contributed by atoms with Crippen LogP contribution in [0.25, 0.3) is 0 Å². The normalized spacial score (nSPS) is 36.2. The van der Waals surface area contributed by atoms with Crippen LogP contribution < -0.4 is 5.73 Å². The van der Waals surface area contributed by atoms with E-state index in [9.17, 15) is 15.0 Å². The summed E-state index contributed by atoms with van der Waals surface area (Å²) in [6.45, 7) is -0.464. The smallest absolute Gasteiger partial charge is 0.302 e. The fraction of sp³-hybridized carbons (Fsp3) is 0.500. The van der Waals surface area contributed by atoms with E-state index in [0.717, 1.165) is 0 Å². The fourth-order valence-corrected chi connectivity index (χ4v) is 2.10. The summed E-state index contributed by atoms with van der Waals surface area (Å²) in [7, 11) is 0. The number of fused-ring (bicyclic) bond motifs is 1. The Labute approximate surface area is 112 Å². The van der Waals surface area contributed by atoms with Crippen molar-refractivity contribution in [1.82, 2.24) is 0 Å². The van der Waals surface area contributed by atoms with Gasteiger partial charge in [-0.2, -0.15) is 9.98 Å². The second-order valence-electron chi connectivity index (χ2n) is 4.40. The zero-order valence-electron chi connectivity index (χ0n) is 10.0. The van der Waals surface area contributed by atoms with Crippen molar-refractivity contribution in [1.29, 1.82) is 0 Å². The molecule has 106 valence electrons. The lowest BCUT2D eigenvalue weighted by Crippen LogP contribution is -2.36. The Morgan fingerprint density at radius 3 is 2.55 bits per heavy atom. The largest absolute Gasteiger partial charge is 0.394 e. The first-order chi connectivity index (χ1) is 9.51. The van der Waals surface area contributed by atoms with Gasteiger partial charge in [-0.3, -0.25) is 4.79 Å². The number of guanidine groups is 1. The molecule has 0 saturated carbocycles. The van der Waals surface area contributed by atoms with Crippen LogP contribution in [-0.2, 0) is 9.53 Å². The quantitative estimate of drug-likeness (QED) is 0.411. The van der Waals surface area contributed by atoms with Gasteiger partial charge in [0.15, 0.2) is 17.4 Å². The summed E-state index contributed by atoms with van der Waals surface area (Å²) in [4.78, 5) is 26.6. The highest BCUT2D eigenvalue weighted by Crippen LogP contribution is 2.24. The summed E-state index contributed by atoms with van der Waals surface area (Å²) < 4.78 is 5.26. The Morgan fingerprint density at radius 1 is 1.15 bits per heavy atom. The number of hydrogen-bond donors (Lipinski definition) is 4. The maximum Gasteiger partial charge on any atom is 0.302 e. The van der Waals surface area contributed by atoms with Gasteiger partial charge in [0.05, 0.1) is 6.61 Å². The molecule has 10 nitrogen and oxygen atoms in total. The number of nitrogens with two attached hydrogens (primary N) is 1. The van der Waals surface area contributed by atoms with E-state index in [2.05, 4.69) is 20.0 Å². The van der Waals surface area contributed by atoms with Crippen LogP contribution in [-0.4, -0.2) is 75.6 Å². The van der Waals surface area contributed by atoms with Crippen molar-refractivity contribution in [2.45, 2.75) is 24.4 Å². The number of nitrogens with zero attached hydrogens (tertiary/aromatic N) is 4. The standard InChI is InChI=1S/C10H11N5O5/c11-10-14-7-3(9(19)15-10)12-8(13-7)6-5(18)4(17)2(1-16)20-6/h2,4-6,16-18H,1H2,(H2,11,15,19)/t2-,4-,5-,6-/m1/s1. The second kappa shape index (κ2) is 4.52. The zero-order chi connectivity index (χ0) is 14.4. The number of amidine groups is 2. The molecule has 4 atom stereocenters. The molecule has 10 heteroatoms. The number of amides is 1. The van der Waals surface area contributed by atoms with Gasteiger partial charge in [-0.05, 0) is 0 Å². The van der Waals surface area contributed by atoms with E-state index in [1.54, 1.807) is 0 Å². The third-order valence-corrected chi connectivity index (χ3v) is 3.09. The van der Waals surface area contributed by atoms with Crippen LogP contribution in [0.5, 0.6) is 0 Å². The van der Waals surface area contributed by atoms with Gasteiger partial charge >= 0.3 is 5.91 Å². The number of carbonyl (C=O) groups excluding carboxylic acids is 1. The molecule has 3 aliphatic rings. The number of hydrogen-bond acceptors (Lipinski definition) is 9. The maximum atomic E-state index is 11.6. The third kappa shape index (κ3) is 1.86. The van der Waals surface area contributed by atoms with Gasteiger partial charge < -0.3 is 25.8 Å². The lowest BCUT2D eigenvalue weighted by Gasteiger charge is -2.11. The van der Waals surface area contributed by atoms with Crippen molar-refractivity contribution >= 4 is 29.2 Å². The molecule has 1 amide bonds. The third-order valence-electron chi connectivity index (χ3n) is 3.09.